The van der Waals surface area contributed by atoms with Crippen LogP contribution < -0.4 is 16.4 Å². The first-order valence-electron chi connectivity index (χ1n) is 41.4. The second kappa shape index (κ2) is 22.4. The van der Waals surface area contributed by atoms with Gasteiger partial charge in [0.05, 0.1) is 27.9 Å². The van der Waals surface area contributed by atoms with Crippen molar-refractivity contribution < 1.29 is 0 Å². The van der Waals surface area contributed by atoms with Crippen molar-refractivity contribution in [3.05, 3.63) is 263 Å². The predicted molar refractivity (Wildman–Crippen MR) is 478 cm³/mol. The van der Waals surface area contributed by atoms with Crippen molar-refractivity contribution in [2.75, 3.05) is 0 Å². The highest BCUT2D eigenvalue weighted by Crippen LogP contribution is 2.56. The Bertz CT molecular complexity index is 7060. The number of fused-ring (bicyclic) bond motifs is 27. The van der Waals surface area contributed by atoms with Gasteiger partial charge in [0.1, 0.15) is 0 Å². The molecule has 0 amide bonds. The van der Waals surface area contributed by atoms with Gasteiger partial charge in [-0.25, -0.2) is 4.98 Å². The van der Waals surface area contributed by atoms with E-state index < -0.39 is 0 Å². The molecule has 4 heteroatoms. The van der Waals surface area contributed by atoms with Crippen LogP contribution in [0.4, 0.5) is 0 Å². The second-order valence-electron chi connectivity index (χ2n) is 39.8. The largest absolute Gasteiger partial charge is 0.310 e. The average molecular weight is 1440 g/mol. The van der Waals surface area contributed by atoms with Gasteiger partial charge in [-0.05, 0) is 269 Å². The van der Waals surface area contributed by atoms with Gasteiger partial charge < -0.3 is 9.13 Å². The molecule has 2 aliphatic heterocycles. The van der Waals surface area contributed by atoms with E-state index in [-0.39, 0.29) is 44.6 Å². The molecule has 0 spiro atoms. The molecule has 0 N–H and O–H groups in total. The Kier molecular flexibility index (Phi) is 13.6. The lowest BCUT2D eigenvalue weighted by molar-refractivity contribution is 0.332. The lowest BCUT2D eigenvalue weighted by atomic mass is 9.34. The molecule has 0 bridgehead atoms. The summed E-state index contributed by atoms with van der Waals surface area (Å²) in [6, 6.07) is 88.2. The quantitative estimate of drug-likeness (QED) is 0.127. The fourth-order valence-electron chi connectivity index (χ4n) is 22.4. The maximum atomic E-state index is 6.39. The van der Waals surface area contributed by atoms with Crippen LogP contribution in [-0.4, -0.2) is 20.8 Å². The Hall–Kier alpha value is -10.5. The van der Waals surface area contributed by atoms with Crippen molar-refractivity contribution in [3.63, 3.8) is 0 Å². The van der Waals surface area contributed by atoms with Gasteiger partial charge in [-0.15, -0.1) is 0 Å². The van der Waals surface area contributed by atoms with Crippen molar-refractivity contribution in [1.29, 1.82) is 0 Å². The zero-order chi connectivity index (χ0) is 76.0. The van der Waals surface area contributed by atoms with Crippen molar-refractivity contribution >= 4 is 131 Å². The molecular formula is C107H98BN3. The zero-order valence-corrected chi connectivity index (χ0v) is 67.7. The molecule has 5 aliphatic rings. The van der Waals surface area contributed by atoms with Crippen LogP contribution in [0.2, 0.25) is 0 Å². The van der Waals surface area contributed by atoms with Crippen molar-refractivity contribution in [2.24, 2.45) is 0 Å². The van der Waals surface area contributed by atoms with Crippen molar-refractivity contribution in [2.45, 2.75) is 194 Å². The van der Waals surface area contributed by atoms with Crippen LogP contribution >= 0.6 is 0 Å². The van der Waals surface area contributed by atoms with Gasteiger partial charge in [-0.1, -0.05) is 275 Å². The monoisotopic (exact) mass is 1440 g/mol. The Morgan fingerprint density at radius 3 is 1.40 bits per heavy atom. The van der Waals surface area contributed by atoms with E-state index in [0.29, 0.717) is 0 Å². The van der Waals surface area contributed by atoms with Gasteiger partial charge in [0.25, 0.3) is 6.71 Å². The van der Waals surface area contributed by atoms with Crippen LogP contribution in [0.25, 0.3) is 164 Å². The topological polar surface area (TPSA) is 22.8 Å². The number of hydrogen-bond acceptors (Lipinski definition) is 1. The Morgan fingerprint density at radius 2 is 0.802 bits per heavy atom. The Morgan fingerprint density at radius 1 is 0.333 bits per heavy atom. The molecule has 3 aliphatic carbocycles. The maximum absolute atomic E-state index is 6.39. The SMILES string of the molecule is CC(C)(C)c1ccc2c(c1)c1cc(C(C)(C)C)cc3c1n2-c1cc(-c2c(-c4ccc5c(c4)C(C)(C)CCC5(C)C)cc(-c4ccc5c(c4)C(C)(C)CCC5(C)C)nc2-c2ccc4c(c2)CCCC4(C)C)cc2c1B3c1cc3c4ccccc4c4ccccc4c3c3c4c5c6ccccc6c6ccccc6c5ccc4n-2c13. The summed E-state index contributed by atoms with van der Waals surface area (Å²) in [5, 5.41) is 20.7. The van der Waals surface area contributed by atoms with E-state index in [4.69, 9.17) is 4.98 Å². The first-order chi connectivity index (χ1) is 53.0. The Labute approximate surface area is 653 Å². The van der Waals surface area contributed by atoms with Crippen LogP contribution in [0, 0.1) is 0 Å². The average Bonchev–Trinajstić information content (AvgIpc) is 1.53. The molecule has 3 aromatic heterocycles. The normalized spacial score (nSPS) is 17.1. The Balaban J connectivity index is 0.971. The zero-order valence-electron chi connectivity index (χ0n) is 67.7. The molecule has 0 atom stereocenters. The number of aromatic nitrogens is 3. The van der Waals surface area contributed by atoms with Gasteiger partial charge in [0.2, 0.25) is 0 Å². The van der Waals surface area contributed by atoms with Crippen molar-refractivity contribution in [3.8, 4) is 56.1 Å². The highest BCUT2D eigenvalue weighted by Gasteiger charge is 2.45. The first kappa shape index (κ1) is 67.4. The van der Waals surface area contributed by atoms with Gasteiger partial charge in [0, 0.05) is 65.9 Å². The third-order valence-electron chi connectivity index (χ3n) is 28.8. The number of aryl methyl sites for hydroxylation is 1. The molecular weight excluding hydrogens is 1340 g/mol. The number of hydrogen-bond donors (Lipinski definition) is 0. The molecule has 3 nitrogen and oxygen atoms in total. The minimum atomic E-state index is -0.168. The summed E-state index contributed by atoms with van der Waals surface area (Å²) in [5.41, 5.74) is 32.1. The number of pyridine rings is 1. The van der Waals surface area contributed by atoms with Gasteiger partial charge in [-0.3, -0.25) is 0 Å². The van der Waals surface area contributed by atoms with Gasteiger partial charge in [-0.2, -0.15) is 0 Å². The summed E-state index contributed by atoms with van der Waals surface area (Å²) in [5.74, 6) is 0. The molecule has 22 rings (SSSR count). The van der Waals surface area contributed by atoms with Crippen LogP contribution in [0.15, 0.2) is 218 Å². The summed E-state index contributed by atoms with van der Waals surface area (Å²) in [4.78, 5) is 6.39. The molecule has 544 valence electrons. The first-order valence-corrected chi connectivity index (χ1v) is 41.4. The van der Waals surface area contributed by atoms with E-state index in [9.17, 15) is 0 Å². The maximum Gasteiger partial charge on any atom is 0.252 e. The van der Waals surface area contributed by atoms with E-state index in [0.717, 1.165) is 49.9 Å². The molecule has 111 heavy (non-hydrogen) atoms. The number of benzene rings is 14. The lowest BCUT2D eigenvalue weighted by Gasteiger charge is -2.42. The predicted octanol–water partition coefficient (Wildman–Crippen LogP) is 26.9. The fraction of sp³-hybridized carbons (Fsp3) is 0.280. The minimum Gasteiger partial charge on any atom is -0.310 e. The summed E-state index contributed by atoms with van der Waals surface area (Å²) in [7, 11) is 0. The molecule has 0 saturated carbocycles. The third kappa shape index (κ3) is 9.37. The molecule has 0 unspecified atom stereocenters. The van der Waals surface area contributed by atoms with E-state index in [1.54, 1.807) is 0 Å². The van der Waals surface area contributed by atoms with Crippen LogP contribution in [-0.2, 0) is 44.3 Å². The third-order valence-corrected chi connectivity index (χ3v) is 28.8. The molecule has 0 fully saturated rings. The van der Waals surface area contributed by atoms with Gasteiger partial charge >= 0.3 is 0 Å². The van der Waals surface area contributed by atoms with E-state index in [1.165, 1.54) is 220 Å². The summed E-state index contributed by atoms with van der Waals surface area (Å²) in [6.45, 7) is 39.0. The summed E-state index contributed by atoms with van der Waals surface area (Å²) < 4.78 is 5.57. The highest BCUT2D eigenvalue weighted by atomic mass is 15.0. The smallest absolute Gasteiger partial charge is 0.252 e. The van der Waals surface area contributed by atoms with Crippen molar-refractivity contribution in [1.82, 2.24) is 14.1 Å². The standard InChI is InChI=1S/C107H98BN3/c1-101(2,3)65-38-43-88-77(55-65)79-56-66(102(4,5)6)57-85-99(79)110(88)90-53-64(54-91-97(90)108(85)86-58-78-72-32-20-18-28-68(72)70-30-22-24-34-74(70)94(78)96-95-89(111(91)100(86)96)44-39-75-71-31-19-17-27-67(71)69-29-21-23-33-73(69)93(75)95)92-76(60-35-41-81-83(51-60)106(13,14)48-46-104(81,9)10)59-87(62-36-42-82-84(52-62)107(15,16)49-47-105(82,11)12)109-98(92)63-37-40-80-61(50-63)26-25-45-103(80,7)8/h17-24,27-44,50-59H,25-26,45-49H2,1-16H3. The number of nitrogens with zero attached hydrogens (tertiary/aromatic N) is 3. The molecule has 14 aromatic carbocycles. The van der Waals surface area contributed by atoms with Crippen LogP contribution in [0.5, 0.6) is 0 Å². The summed E-state index contributed by atoms with van der Waals surface area (Å²) >= 11 is 0. The van der Waals surface area contributed by atoms with E-state index >= 15 is 0 Å². The minimum absolute atomic E-state index is 0.000659. The van der Waals surface area contributed by atoms with Gasteiger partial charge in [0.15, 0.2) is 0 Å². The molecule has 0 saturated heterocycles. The lowest BCUT2D eigenvalue weighted by Crippen LogP contribution is -2.59. The highest BCUT2D eigenvalue weighted by molar-refractivity contribution is 7.00. The second-order valence-corrected chi connectivity index (χ2v) is 39.8. The number of rotatable bonds is 4. The van der Waals surface area contributed by atoms with Crippen LogP contribution in [0.3, 0.4) is 0 Å². The molecule has 17 aromatic rings. The molecule has 5 heterocycles. The van der Waals surface area contributed by atoms with E-state index in [1.807, 2.05) is 0 Å². The van der Waals surface area contributed by atoms with Crippen LogP contribution in [0.1, 0.15) is 194 Å². The summed E-state index contributed by atoms with van der Waals surface area (Å²) in [6.07, 6.45) is 7.95. The fourth-order valence-corrected chi connectivity index (χ4v) is 22.4. The van der Waals surface area contributed by atoms with E-state index in [2.05, 4.69) is 338 Å². The molecule has 0 radical (unpaired) electrons.